The lowest BCUT2D eigenvalue weighted by Gasteiger charge is -1.99. The van der Waals surface area contributed by atoms with Gasteiger partial charge in [-0.25, -0.2) is 13.4 Å². The summed E-state index contributed by atoms with van der Waals surface area (Å²) in [5, 5.41) is 4.56. The predicted octanol–water partition coefficient (Wildman–Crippen LogP) is 1.47. The topological polar surface area (TPSA) is 90.9 Å². The Hall–Kier alpha value is -1.93. The number of aromatic nitrogens is 3. The standard InChI is InChI=1S/C11H10N4O2S2/c1-19(16,17)9-6-13-15(10(9)12)11-14-7-4-2-3-5-8(7)18-11/h2-6H,12H2,1H3. The molecule has 0 atom stereocenters. The predicted molar refractivity (Wildman–Crippen MR) is 74.3 cm³/mol. The Labute approximate surface area is 113 Å². The number of para-hydroxylation sites is 1. The quantitative estimate of drug-likeness (QED) is 0.772. The number of anilines is 1. The summed E-state index contributed by atoms with van der Waals surface area (Å²) < 4.78 is 25.4. The van der Waals surface area contributed by atoms with Gasteiger partial charge in [-0.2, -0.15) is 9.78 Å². The number of thiazole rings is 1. The minimum absolute atomic E-state index is 0.0201. The van der Waals surface area contributed by atoms with Crippen LogP contribution >= 0.6 is 11.3 Å². The molecule has 0 aliphatic heterocycles. The van der Waals surface area contributed by atoms with Gasteiger partial charge < -0.3 is 5.73 Å². The first-order valence-electron chi connectivity index (χ1n) is 5.36. The molecule has 0 saturated carbocycles. The molecule has 3 aromatic rings. The number of benzene rings is 1. The van der Waals surface area contributed by atoms with E-state index in [0.717, 1.165) is 16.5 Å². The highest BCUT2D eigenvalue weighted by Gasteiger charge is 2.19. The van der Waals surface area contributed by atoms with Gasteiger partial charge in [0.05, 0.1) is 16.4 Å². The summed E-state index contributed by atoms with van der Waals surface area (Å²) in [6.45, 7) is 0. The van der Waals surface area contributed by atoms with E-state index in [1.165, 1.54) is 22.2 Å². The Morgan fingerprint density at radius 2 is 2.05 bits per heavy atom. The van der Waals surface area contributed by atoms with Crippen LogP contribution in [0.25, 0.3) is 15.3 Å². The molecule has 2 aromatic heterocycles. The van der Waals surface area contributed by atoms with E-state index in [4.69, 9.17) is 5.73 Å². The molecule has 0 amide bonds. The second-order valence-electron chi connectivity index (χ2n) is 4.04. The maximum atomic E-state index is 11.5. The number of fused-ring (bicyclic) bond motifs is 1. The van der Waals surface area contributed by atoms with Gasteiger partial charge in [0, 0.05) is 6.26 Å². The van der Waals surface area contributed by atoms with Crippen molar-refractivity contribution in [3.63, 3.8) is 0 Å². The van der Waals surface area contributed by atoms with Gasteiger partial charge in [0.1, 0.15) is 10.7 Å². The first-order valence-corrected chi connectivity index (χ1v) is 8.07. The molecule has 98 valence electrons. The van der Waals surface area contributed by atoms with Gasteiger partial charge in [0.15, 0.2) is 9.84 Å². The normalized spacial score (nSPS) is 12.1. The Kier molecular flexibility index (Phi) is 2.58. The molecular weight excluding hydrogens is 284 g/mol. The van der Waals surface area contributed by atoms with E-state index >= 15 is 0 Å². The van der Waals surface area contributed by atoms with E-state index in [2.05, 4.69) is 10.1 Å². The van der Waals surface area contributed by atoms with Gasteiger partial charge in [-0.15, -0.1) is 0 Å². The molecular formula is C11H10N4O2S2. The molecule has 8 heteroatoms. The van der Waals surface area contributed by atoms with Crippen LogP contribution in [0.3, 0.4) is 0 Å². The van der Waals surface area contributed by atoms with Crippen LogP contribution in [0.15, 0.2) is 35.4 Å². The van der Waals surface area contributed by atoms with Crippen molar-refractivity contribution in [1.82, 2.24) is 14.8 Å². The van der Waals surface area contributed by atoms with Crippen LogP contribution < -0.4 is 5.73 Å². The van der Waals surface area contributed by atoms with Crippen LogP contribution in [0.4, 0.5) is 5.82 Å². The van der Waals surface area contributed by atoms with Gasteiger partial charge in [-0.05, 0) is 12.1 Å². The summed E-state index contributed by atoms with van der Waals surface area (Å²) >= 11 is 1.40. The molecule has 0 aliphatic carbocycles. The molecule has 0 radical (unpaired) electrons. The molecule has 0 fully saturated rings. The van der Waals surface area contributed by atoms with E-state index in [0.29, 0.717) is 5.13 Å². The van der Waals surface area contributed by atoms with E-state index in [1.54, 1.807) is 0 Å². The zero-order chi connectivity index (χ0) is 13.6. The molecule has 0 bridgehead atoms. The molecule has 0 saturated heterocycles. The van der Waals surface area contributed by atoms with Gasteiger partial charge in [-0.3, -0.25) is 0 Å². The van der Waals surface area contributed by atoms with Crippen molar-refractivity contribution < 1.29 is 8.42 Å². The summed E-state index contributed by atoms with van der Waals surface area (Å²) in [4.78, 5) is 4.40. The largest absolute Gasteiger partial charge is 0.382 e. The third-order valence-electron chi connectivity index (χ3n) is 2.63. The third-order valence-corrected chi connectivity index (χ3v) is 4.76. The van der Waals surface area contributed by atoms with Crippen LogP contribution in [0, 0.1) is 0 Å². The summed E-state index contributed by atoms with van der Waals surface area (Å²) in [6.07, 6.45) is 2.35. The lowest BCUT2D eigenvalue weighted by Crippen LogP contribution is -2.05. The number of hydrogen-bond acceptors (Lipinski definition) is 6. The Bertz CT molecular complexity index is 831. The Morgan fingerprint density at radius 1 is 1.32 bits per heavy atom. The van der Waals surface area contributed by atoms with Crippen molar-refractivity contribution in [2.45, 2.75) is 4.90 Å². The lowest BCUT2D eigenvalue weighted by atomic mass is 10.3. The van der Waals surface area contributed by atoms with Crippen LogP contribution in [0.5, 0.6) is 0 Å². The highest BCUT2D eigenvalue weighted by atomic mass is 32.2. The maximum Gasteiger partial charge on any atom is 0.213 e. The molecule has 1 aromatic carbocycles. The van der Waals surface area contributed by atoms with E-state index in [-0.39, 0.29) is 10.7 Å². The number of rotatable bonds is 2. The van der Waals surface area contributed by atoms with E-state index < -0.39 is 9.84 Å². The van der Waals surface area contributed by atoms with Crippen molar-refractivity contribution in [2.24, 2.45) is 0 Å². The second kappa shape index (κ2) is 4.04. The van der Waals surface area contributed by atoms with Gasteiger partial charge >= 0.3 is 0 Å². The van der Waals surface area contributed by atoms with Crippen molar-refractivity contribution in [3.8, 4) is 5.13 Å². The molecule has 0 unspecified atom stereocenters. The number of nitrogen functional groups attached to an aromatic ring is 1. The minimum Gasteiger partial charge on any atom is -0.382 e. The van der Waals surface area contributed by atoms with Gasteiger partial charge in [-0.1, -0.05) is 23.5 Å². The summed E-state index contributed by atoms with van der Waals surface area (Å²) in [5.74, 6) is 0.0848. The van der Waals surface area contributed by atoms with E-state index in [9.17, 15) is 8.42 Å². The molecule has 3 rings (SSSR count). The Balaban J connectivity index is 2.20. The third kappa shape index (κ3) is 1.98. The SMILES string of the molecule is CS(=O)(=O)c1cnn(-c2nc3ccccc3s2)c1N. The zero-order valence-corrected chi connectivity index (χ0v) is 11.6. The first kappa shape index (κ1) is 12.1. The summed E-state index contributed by atoms with van der Waals surface area (Å²) in [5.41, 5.74) is 6.66. The second-order valence-corrected chi connectivity index (χ2v) is 7.04. The Morgan fingerprint density at radius 3 is 2.68 bits per heavy atom. The van der Waals surface area contributed by atoms with E-state index in [1.807, 2.05) is 24.3 Å². The number of nitrogens with two attached hydrogens (primary N) is 1. The van der Waals surface area contributed by atoms with Crippen molar-refractivity contribution in [1.29, 1.82) is 0 Å². The maximum absolute atomic E-state index is 11.5. The monoisotopic (exact) mass is 294 g/mol. The lowest BCUT2D eigenvalue weighted by molar-refractivity contribution is 0.602. The molecule has 6 nitrogen and oxygen atoms in total. The van der Waals surface area contributed by atoms with Crippen molar-refractivity contribution in [3.05, 3.63) is 30.5 Å². The number of hydrogen-bond donors (Lipinski definition) is 1. The summed E-state index contributed by atoms with van der Waals surface area (Å²) in [6, 6.07) is 7.62. The van der Waals surface area contributed by atoms with Crippen LogP contribution in [0.1, 0.15) is 0 Å². The molecule has 2 N–H and O–H groups in total. The highest BCUT2D eigenvalue weighted by Crippen LogP contribution is 2.27. The van der Waals surface area contributed by atoms with Crippen molar-refractivity contribution in [2.75, 3.05) is 12.0 Å². The fourth-order valence-corrected chi connectivity index (χ4v) is 3.37. The van der Waals surface area contributed by atoms with Gasteiger partial charge in [0.2, 0.25) is 5.13 Å². The zero-order valence-electron chi connectivity index (χ0n) is 9.94. The van der Waals surface area contributed by atoms with Crippen LogP contribution in [-0.2, 0) is 9.84 Å². The van der Waals surface area contributed by atoms with Gasteiger partial charge in [0.25, 0.3) is 0 Å². The highest BCUT2D eigenvalue weighted by molar-refractivity contribution is 7.90. The fraction of sp³-hybridized carbons (Fsp3) is 0.0909. The molecule has 2 heterocycles. The minimum atomic E-state index is -3.38. The van der Waals surface area contributed by atoms with Crippen LogP contribution in [-0.4, -0.2) is 29.4 Å². The number of sulfone groups is 1. The summed E-state index contributed by atoms with van der Waals surface area (Å²) in [7, 11) is -3.38. The van der Waals surface area contributed by atoms with Crippen molar-refractivity contribution >= 4 is 37.2 Å². The van der Waals surface area contributed by atoms with Crippen LogP contribution in [0.2, 0.25) is 0 Å². The fourth-order valence-electron chi connectivity index (χ4n) is 1.73. The average molecular weight is 294 g/mol. The number of nitrogens with zero attached hydrogens (tertiary/aromatic N) is 3. The first-order chi connectivity index (χ1) is 8.97. The average Bonchev–Trinajstić information content (AvgIpc) is 2.90. The molecule has 0 spiro atoms. The molecule has 19 heavy (non-hydrogen) atoms. The molecule has 0 aliphatic rings. The smallest absolute Gasteiger partial charge is 0.213 e.